The van der Waals surface area contributed by atoms with Gasteiger partial charge in [0.1, 0.15) is 17.0 Å². The Labute approximate surface area is 187 Å². The van der Waals surface area contributed by atoms with Gasteiger partial charge in [-0.15, -0.1) is 0 Å². The van der Waals surface area contributed by atoms with Crippen LogP contribution in [0.5, 0.6) is 0 Å². The predicted molar refractivity (Wildman–Crippen MR) is 118 cm³/mol. The van der Waals surface area contributed by atoms with Crippen LogP contribution in [-0.2, 0) is 22.4 Å². The first-order valence-electron chi connectivity index (χ1n) is 10.1. The molecule has 31 heavy (non-hydrogen) atoms. The Bertz CT molecular complexity index is 1030. The van der Waals surface area contributed by atoms with Crippen LogP contribution in [-0.4, -0.2) is 33.2 Å². The van der Waals surface area contributed by atoms with Gasteiger partial charge < -0.3 is 15.6 Å². The molecule has 168 valence electrons. The number of benzene rings is 1. The van der Waals surface area contributed by atoms with Crippen LogP contribution in [0.15, 0.2) is 24.3 Å². The monoisotopic (exact) mass is 449 g/mol. The molecular weight excluding hydrogens is 421 g/mol. The Balaban J connectivity index is 2.21. The molecule has 1 aliphatic rings. The van der Waals surface area contributed by atoms with E-state index in [1.165, 1.54) is 12.1 Å². The van der Waals surface area contributed by atoms with Crippen LogP contribution in [0.1, 0.15) is 58.4 Å². The Morgan fingerprint density at radius 1 is 1.32 bits per heavy atom. The summed E-state index contributed by atoms with van der Waals surface area (Å²) in [4.78, 5) is 19.3. The molecule has 2 heterocycles. The molecule has 3 rings (SSSR count). The third-order valence-corrected chi connectivity index (χ3v) is 5.82. The van der Waals surface area contributed by atoms with E-state index in [2.05, 4.69) is 4.98 Å². The van der Waals surface area contributed by atoms with Gasteiger partial charge in [0.25, 0.3) is 0 Å². The summed E-state index contributed by atoms with van der Waals surface area (Å²) in [5.74, 6) is -0.539. The lowest BCUT2D eigenvalue weighted by molar-refractivity contribution is 0.00518. The van der Waals surface area contributed by atoms with Gasteiger partial charge in [0, 0.05) is 17.7 Å². The number of carbonyl (C=O) groups excluding carboxylic acids is 1. The molecular formula is C23H29ClFN3O3. The lowest BCUT2D eigenvalue weighted by atomic mass is 9.88. The van der Waals surface area contributed by atoms with Gasteiger partial charge in [-0.1, -0.05) is 11.6 Å². The van der Waals surface area contributed by atoms with Crippen molar-refractivity contribution < 1.29 is 19.0 Å². The summed E-state index contributed by atoms with van der Waals surface area (Å²) in [5, 5.41) is 10.8. The predicted octanol–water partition coefficient (Wildman–Crippen LogP) is 4.69. The summed E-state index contributed by atoms with van der Waals surface area (Å²) in [5.41, 5.74) is 6.07. The molecule has 8 heteroatoms. The molecule has 0 fully saturated rings. The third kappa shape index (κ3) is 4.40. The van der Waals surface area contributed by atoms with E-state index in [0.717, 1.165) is 11.1 Å². The Morgan fingerprint density at radius 2 is 1.97 bits per heavy atom. The first-order chi connectivity index (χ1) is 14.2. The van der Waals surface area contributed by atoms with Crippen LogP contribution in [0.3, 0.4) is 0 Å². The SMILES string of the molecule is CC(C)(C)OC(=O)N1Cc2c(cc(C(C)(O)CN)nc2-c2ccc(F)c(Cl)c2)C1(C)C. The number of fused-ring (bicyclic) bond motifs is 1. The summed E-state index contributed by atoms with van der Waals surface area (Å²) in [6.07, 6.45) is -0.455. The summed E-state index contributed by atoms with van der Waals surface area (Å²) in [7, 11) is 0. The van der Waals surface area contributed by atoms with E-state index in [9.17, 15) is 14.3 Å². The van der Waals surface area contributed by atoms with Crippen LogP contribution in [0.2, 0.25) is 5.02 Å². The largest absolute Gasteiger partial charge is 0.444 e. The topological polar surface area (TPSA) is 88.7 Å². The third-order valence-electron chi connectivity index (χ3n) is 5.53. The minimum Gasteiger partial charge on any atom is -0.444 e. The number of carbonyl (C=O) groups is 1. The lowest BCUT2D eigenvalue weighted by Gasteiger charge is -2.34. The average molecular weight is 450 g/mol. The van der Waals surface area contributed by atoms with Gasteiger partial charge in [0.15, 0.2) is 0 Å². The van der Waals surface area contributed by atoms with Crippen molar-refractivity contribution in [3.8, 4) is 11.3 Å². The highest BCUT2D eigenvalue weighted by atomic mass is 35.5. The van der Waals surface area contributed by atoms with Crippen LogP contribution in [0.4, 0.5) is 9.18 Å². The van der Waals surface area contributed by atoms with Crippen molar-refractivity contribution in [2.24, 2.45) is 5.73 Å². The van der Waals surface area contributed by atoms with Gasteiger partial charge in [0.05, 0.1) is 28.5 Å². The Kier molecular flexibility index (Phi) is 5.84. The van der Waals surface area contributed by atoms with Gasteiger partial charge >= 0.3 is 6.09 Å². The number of pyridine rings is 1. The summed E-state index contributed by atoms with van der Waals surface area (Å²) in [6.45, 7) is 11.0. The molecule has 1 aliphatic heterocycles. The van der Waals surface area contributed by atoms with Crippen molar-refractivity contribution in [3.05, 3.63) is 51.9 Å². The van der Waals surface area contributed by atoms with E-state index in [1.54, 1.807) is 24.0 Å². The molecule has 1 atom stereocenters. The zero-order valence-electron chi connectivity index (χ0n) is 18.7. The van der Waals surface area contributed by atoms with Gasteiger partial charge in [-0.3, -0.25) is 4.90 Å². The number of amides is 1. The Hall–Kier alpha value is -2.22. The number of nitrogens with two attached hydrogens (primary N) is 1. The lowest BCUT2D eigenvalue weighted by Crippen LogP contribution is -2.43. The second kappa shape index (κ2) is 7.73. The van der Waals surface area contributed by atoms with Crippen LogP contribution in [0.25, 0.3) is 11.3 Å². The van der Waals surface area contributed by atoms with Crippen molar-refractivity contribution in [2.45, 2.75) is 64.8 Å². The van der Waals surface area contributed by atoms with Gasteiger partial charge in [-0.25, -0.2) is 14.2 Å². The molecule has 6 nitrogen and oxygen atoms in total. The molecule has 1 amide bonds. The molecule has 2 aromatic rings. The van der Waals surface area contributed by atoms with E-state index in [-0.39, 0.29) is 18.1 Å². The maximum absolute atomic E-state index is 13.8. The van der Waals surface area contributed by atoms with Gasteiger partial charge in [-0.2, -0.15) is 0 Å². The fraction of sp³-hybridized carbons (Fsp3) is 0.478. The molecule has 0 radical (unpaired) electrons. The van der Waals surface area contributed by atoms with E-state index < -0.39 is 28.7 Å². The molecule has 0 aliphatic carbocycles. The average Bonchev–Trinajstić information content (AvgIpc) is 2.93. The van der Waals surface area contributed by atoms with E-state index in [1.807, 2.05) is 34.6 Å². The normalized spacial score (nSPS) is 17.3. The number of aliphatic hydroxyl groups is 1. The molecule has 3 N–H and O–H groups in total. The molecule has 1 aromatic carbocycles. The van der Waals surface area contributed by atoms with Crippen molar-refractivity contribution in [3.63, 3.8) is 0 Å². The second-order valence-corrected chi connectivity index (χ2v) is 10.0. The number of ether oxygens (including phenoxy) is 1. The molecule has 1 unspecified atom stereocenters. The highest BCUT2D eigenvalue weighted by Crippen LogP contribution is 2.44. The summed E-state index contributed by atoms with van der Waals surface area (Å²) in [6, 6.07) is 6.11. The van der Waals surface area contributed by atoms with Crippen molar-refractivity contribution >= 4 is 17.7 Å². The fourth-order valence-electron chi connectivity index (χ4n) is 3.65. The molecule has 1 aromatic heterocycles. The van der Waals surface area contributed by atoms with Crippen molar-refractivity contribution in [2.75, 3.05) is 6.54 Å². The quantitative estimate of drug-likeness (QED) is 0.709. The zero-order chi connectivity index (χ0) is 23.4. The van der Waals surface area contributed by atoms with Gasteiger partial charge in [0.2, 0.25) is 0 Å². The van der Waals surface area contributed by atoms with E-state index >= 15 is 0 Å². The number of rotatable bonds is 3. The number of aromatic nitrogens is 1. The molecule has 0 saturated heterocycles. The minimum absolute atomic E-state index is 0.0368. The Morgan fingerprint density at radius 3 is 2.52 bits per heavy atom. The maximum Gasteiger partial charge on any atom is 0.411 e. The first kappa shape index (κ1) is 23.4. The smallest absolute Gasteiger partial charge is 0.411 e. The molecule has 0 saturated carbocycles. The summed E-state index contributed by atoms with van der Waals surface area (Å²) >= 11 is 6.02. The van der Waals surface area contributed by atoms with Gasteiger partial charge in [-0.05, 0) is 71.4 Å². The molecule has 0 spiro atoms. The second-order valence-electron chi connectivity index (χ2n) is 9.61. The van der Waals surface area contributed by atoms with Crippen LogP contribution in [0, 0.1) is 5.82 Å². The van der Waals surface area contributed by atoms with E-state index in [4.69, 9.17) is 22.1 Å². The van der Waals surface area contributed by atoms with Crippen molar-refractivity contribution in [1.82, 2.24) is 9.88 Å². The zero-order valence-corrected chi connectivity index (χ0v) is 19.5. The first-order valence-corrected chi connectivity index (χ1v) is 10.5. The summed E-state index contributed by atoms with van der Waals surface area (Å²) < 4.78 is 19.4. The van der Waals surface area contributed by atoms with E-state index in [0.29, 0.717) is 17.0 Å². The van der Waals surface area contributed by atoms with Crippen LogP contribution < -0.4 is 5.73 Å². The maximum atomic E-state index is 13.8. The fourth-order valence-corrected chi connectivity index (χ4v) is 3.83. The number of nitrogens with zero attached hydrogens (tertiary/aromatic N) is 2. The van der Waals surface area contributed by atoms with Crippen LogP contribution >= 0.6 is 11.6 Å². The van der Waals surface area contributed by atoms with Crippen molar-refractivity contribution in [1.29, 1.82) is 0 Å². The standard InChI is InChI=1S/C23H29ClFN3O3/c1-21(2,3)31-20(29)28-11-14-15(22(28,4)5)10-18(23(6,30)12-26)27-19(14)13-7-8-17(25)16(24)9-13/h7-10,30H,11-12,26H2,1-6H3. The highest BCUT2D eigenvalue weighted by molar-refractivity contribution is 6.31. The number of hydrogen-bond acceptors (Lipinski definition) is 5. The number of hydrogen-bond donors (Lipinski definition) is 2. The molecule has 0 bridgehead atoms. The highest BCUT2D eigenvalue weighted by Gasteiger charge is 2.44. The minimum atomic E-state index is -1.39. The number of halogens is 2.